The van der Waals surface area contributed by atoms with Gasteiger partial charge in [-0.1, -0.05) is 19.3 Å². The highest BCUT2D eigenvalue weighted by atomic mass is 16.5. The highest BCUT2D eigenvalue weighted by Gasteiger charge is 2.64. The lowest BCUT2D eigenvalue weighted by atomic mass is 9.61. The second-order valence-electron chi connectivity index (χ2n) is 5.83. The van der Waals surface area contributed by atoms with E-state index in [2.05, 4.69) is 0 Å². The molecule has 3 rings (SSSR count). The standard InChI is InChI=1S/C16H19NO4/c1-21-12-7-5-11(6-8-12)17-13(14(18)19)16(15(17)20)9-3-2-4-10-16/h5-8,13H,2-4,9-10H2,1H3,(H,18,19)/t13-/m1/s1. The van der Waals surface area contributed by atoms with Crippen LogP contribution in [-0.2, 0) is 9.59 Å². The van der Waals surface area contributed by atoms with Crippen LogP contribution in [0.3, 0.4) is 0 Å². The van der Waals surface area contributed by atoms with Gasteiger partial charge in [0.2, 0.25) is 5.91 Å². The third-order valence-corrected chi connectivity index (χ3v) is 4.76. The predicted molar refractivity (Wildman–Crippen MR) is 77.4 cm³/mol. The Bertz CT molecular complexity index is 560. The zero-order valence-corrected chi connectivity index (χ0v) is 12.0. The molecule has 0 unspecified atom stereocenters. The maximum Gasteiger partial charge on any atom is 0.327 e. The number of amides is 1. The number of rotatable bonds is 3. The van der Waals surface area contributed by atoms with E-state index in [9.17, 15) is 14.7 Å². The van der Waals surface area contributed by atoms with E-state index in [0.29, 0.717) is 24.3 Å². The summed E-state index contributed by atoms with van der Waals surface area (Å²) in [7, 11) is 1.57. The number of carboxylic acids is 1. The molecule has 0 bridgehead atoms. The molecule has 1 aliphatic carbocycles. The minimum atomic E-state index is -0.910. The first-order valence-electron chi connectivity index (χ1n) is 7.31. The van der Waals surface area contributed by atoms with Crippen molar-refractivity contribution in [2.75, 3.05) is 12.0 Å². The molecule has 1 saturated carbocycles. The van der Waals surface area contributed by atoms with Gasteiger partial charge in [0.25, 0.3) is 0 Å². The van der Waals surface area contributed by atoms with E-state index in [4.69, 9.17) is 4.74 Å². The Hall–Kier alpha value is -2.04. The molecular formula is C16H19NO4. The Morgan fingerprint density at radius 1 is 1.24 bits per heavy atom. The maximum absolute atomic E-state index is 12.6. The number of β-lactam (4-membered cyclic amide) rings is 1. The van der Waals surface area contributed by atoms with E-state index < -0.39 is 17.4 Å². The van der Waals surface area contributed by atoms with E-state index in [1.54, 1.807) is 31.4 Å². The van der Waals surface area contributed by atoms with Gasteiger partial charge in [0.1, 0.15) is 11.8 Å². The molecule has 1 atom stereocenters. The molecule has 1 aromatic rings. The van der Waals surface area contributed by atoms with Gasteiger partial charge in [0.15, 0.2) is 0 Å². The van der Waals surface area contributed by atoms with E-state index in [1.165, 1.54) is 4.90 Å². The van der Waals surface area contributed by atoms with Crippen molar-refractivity contribution >= 4 is 17.6 Å². The molecule has 0 radical (unpaired) electrons. The Kier molecular flexibility index (Phi) is 3.35. The fraction of sp³-hybridized carbons (Fsp3) is 0.500. The molecule has 1 aliphatic heterocycles. The number of nitrogens with zero attached hydrogens (tertiary/aromatic N) is 1. The molecule has 1 saturated heterocycles. The van der Waals surface area contributed by atoms with Gasteiger partial charge in [-0.2, -0.15) is 0 Å². The Labute approximate surface area is 123 Å². The van der Waals surface area contributed by atoms with Crippen LogP contribution >= 0.6 is 0 Å². The van der Waals surface area contributed by atoms with E-state index in [0.717, 1.165) is 19.3 Å². The second-order valence-corrected chi connectivity index (χ2v) is 5.83. The molecule has 112 valence electrons. The molecule has 0 aromatic heterocycles. The van der Waals surface area contributed by atoms with E-state index >= 15 is 0 Å². The first-order chi connectivity index (χ1) is 10.1. The van der Waals surface area contributed by atoms with Crippen molar-refractivity contribution in [1.29, 1.82) is 0 Å². The van der Waals surface area contributed by atoms with Gasteiger partial charge in [0, 0.05) is 5.69 Å². The summed E-state index contributed by atoms with van der Waals surface area (Å²) in [6.45, 7) is 0. The van der Waals surface area contributed by atoms with E-state index in [-0.39, 0.29) is 5.91 Å². The zero-order chi connectivity index (χ0) is 15.0. The maximum atomic E-state index is 12.6. The number of aliphatic carboxylic acids is 1. The van der Waals surface area contributed by atoms with Crippen LogP contribution in [0, 0.1) is 5.41 Å². The topological polar surface area (TPSA) is 66.8 Å². The zero-order valence-electron chi connectivity index (χ0n) is 12.0. The average Bonchev–Trinajstić information content (AvgIpc) is 2.52. The fourth-order valence-corrected chi connectivity index (χ4v) is 3.68. The van der Waals surface area contributed by atoms with Crippen molar-refractivity contribution in [3.05, 3.63) is 24.3 Å². The lowest BCUT2D eigenvalue weighted by Crippen LogP contribution is -2.72. The number of methoxy groups -OCH3 is 1. The van der Waals surface area contributed by atoms with Crippen molar-refractivity contribution < 1.29 is 19.4 Å². The quantitative estimate of drug-likeness (QED) is 0.868. The minimum absolute atomic E-state index is 0.0419. The van der Waals surface area contributed by atoms with E-state index in [1.807, 2.05) is 0 Å². The number of carboxylic acid groups (broad SMARTS) is 1. The SMILES string of the molecule is COc1ccc(N2C(=O)C3(CCCCC3)[C@H]2C(=O)O)cc1. The molecule has 5 heteroatoms. The number of ether oxygens (including phenoxy) is 1. The highest BCUT2D eigenvalue weighted by molar-refractivity contribution is 6.13. The van der Waals surface area contributed by atoms with Gasteiger partial charge < -0.3 is 9.84 Å². The smallest absolute Gasteiger partial charge is 0.327 e. The molecule has 2 fully saturated rings. The summed E-state index contributed by atoms with van der Waals surface area (Å²) in [5.41, 5.74) is -0.0475. The fourth-order valence-electron chi connectivity index (χ4n) is 3.68. The number of carbonyl (C=O) groups excluding carboxylic acids is 1. The molecule has 1 N–H and O–H groups in total. The molecule has 2 aliphatic rings. The Morgan fingerprint density at radius 3 is 2.38 bits per heavy atom. The normalized spacial score (nSPS) is 23.8. The number of carbonyl (C=O) groups is 2. The monoisotopic (exact) mass is 289 g/mol. The van der Waals surface area contributed by atoms with Crippen LogP contribution in [0.2, 0.25) is 0 Å². The van der Waals surface area contributed by atoms with Gasteiger partial charge in [0.05, 0.1) is 12.5 Å². The predicted octanol–water partition coefficient (Wildman–Crippen LogP) is 2.45. The van der Waals surface area contributed by atoms with Crippen LogP contribution < -0.4 is 9.64 Å². The molecule has 5 nitrogen and oxygen atoms in total. The van der Waals surface area contributed by atoms with Gasteiger partial charge in [-0.3, -0.25) is 9.69 Å². The summed E-state index contributed by atoms with van der Waals surface area (Å²) in [5, 5.41) is 9.58. The number of hydrogen-bond donors (Lipinski definition) is 1. The molecule has 21 heavy (non-hydrogen) atoms. The van der Waals surface area contributed by atoms with Crippen molar-refractivity contribution in [2.24, 2.45) is 5.41 Å². The van der Waals surface area contributed by atoms with Crippen molar-refractivity contribution in [3.8, 4) is 5.75 Å². The third kappa shape index (κ3) is 1.99. The largest absolute Gasteiger partial charge is 0.497 e. The highest BCUT2D eigenvalue weighted by Crippen LogP contribution is 2.51. The second kappa shape index (κ2) is 5.06. The van der Waals surface area contributed by atoms with Crippen LogP contribution in [0.5, 0.6) is 5.75 Å². The first kappa shape index (κ1) is 13.9. The lowest BCUT2D eigenvalue weighted by molar-refractivity contribution is -0.159. The van der Waals surface area contributed by atoms with Crippen LogP contribution in [0.15, 0.2) is 24.3 Å². The van der Waals surface area contributed by atoms with Crippen LogP contribution in [-0.4, -0.2) is 30.1 Å². The van der Waals surface area contributed by atoms with Gasteiger partial charge >= 0.3 is 5.97 Å². The number of benzene rings is 1. The van der Waals surface area contributed by atoms with Gasteiger partial charge in [-0.25, -0.2) is 4.79 Å². The molecule has 1 heterocycles. The van der Waals surface area contributed by atoms with Crippen LogP contribution in [0.25, 0.3) is 0 Å². The number of anilines is 1. The minimum Gasteiger partial charge on any atom is -0.497 e. The summed E-state index contributed by atoms with van der Waals surface area (Å²) in [5.74, 6) is -0.266. The van der Waals surface area contributed by atoms with Crippen molar-refractivity contribution in [3.63, 3.8) is 0 Å². The van der Waals surface area contributed by atoms with Crippen molar-refractivity contribution in [2.45, 2.75) is 38.1 Å². The summed E-state index contributed by atoms with van der Waals surface area (Å²) >= 11 is 0. The Morgan fingerprint density at radius 2 is 1.86 bits per heavy atom. The third-order valence-electron chi connectivity index (χ3n) is 4.76. The number of hydrogen-bond acceptors (Lipinski definition) is 3. The van der Waals surface area contributed by atoms with Gasteiger partial charge in [-0.15, -0.1) is 0 Å². The lowest BCUT2D eigenvalue weighted by Gasteiger charge is -2.55. The summed E-state index contributed by atoms with van der Waals surface area (Å²) in [6, 6.07) is 6.23. The van der Waals surface area contributed by atoms with Crippen molar-refractivity contribution in [1.82, 2.24) is 0 Å². The van der Waals surface area contributed by atoms with Crippen LogP contribution in [0.1, 0.15) is 32.1 Å². The molecule has 1 aromatic carbocycles. The summed E-state index contributed by atoms with van der Waals surface area (Å²) < 4.78 is 5.09. The molecule has 1 spiro atoms. The first-order valence-corrected chi connectivity index (χ1v) is 7.31. The van der Waals surface area contributed by atoms with Crippen LogP contribution in [0.4, 0.5) is 5.69 Å². The average molecular weight is 289 g/mol. The summed E-state index contributed by atoms with van der Waals surface area (Å²) in [6.07, 6.45) is 4.34. The van der Waals surface area contributed by atoms with Gasteiger partial charge in [-0.05, 0) is 37.1 Å². The summed E-state index contributed by atoms with van der Waals surface area (Å²) in [4.78, 5) is 25.8. The Balaban J connectivity index is 1.91. The molecule has 1 amide bonds. The molecular weight excluding hydrogens is 270 g/mol.